The fourth-order valence-corrected chi connectivity index (χ4v) is 3.19. The first kappa shape index (κ1) is 18.6. The number of hydrogen-bond acceptors (Lipinski definition) is 7. The van der Waals surface area contributed by atoms with Gasteiger partial charge in [0, 0.05) is 18.0 Å². The van der Waals surface area contributed by atoms with Crippen LogP contribution in [0.3, 0.4) is 0 Å². The number of hydrogen-bond donors (Lipinski definition) is 1. The van der Waals surface area contributed by atoms with Crippen LogP contribution in [0.5, 0.6) is 0 Å². The average molecular weight is 362 g/mol. The molecule has 2 aromatic heterocycles. The van der Waals surface area contributed by atoms with E-state index in [4.69, 9.17) is 9.47 Å². The van der Waals surface area contributed by atoms with E-state index in [1.807, 2.05) is 0 Å². The van der Waals surface area contributed by atoms with Crippen molar-refractivity contribution in [2.75, 3.05) is 12.4 Å². The third kappa shape index (κ3) is 4.21. The summed E-state index contributed by atoms with van der Waals surface area (Å²) in [4.78, 5) is 40.8. The molecule has 0 fully saturated rings. The SMILES string of the molecule is COC(=O)c1sc(NC(=O)c2ccncc2)c(C(=O)OC(C)C)c1C. The quantitative estimate of drug-likeness (QED) is 0.822. The highest BCUT2D eigenvalue weighted by Gasteiger charge is 2.27. The smallest absolute Gasteiger partial charge is 0.348 e. The molecule has 0 unspecified atom stereocenters. The van der Waals surface area contributed by atoms with Crippen LogP contribution >= 0.6 is 11.3 Å². The lowest BCUT2D eigenvalue weighted by Gasteiger charge is -2.10. The number of carbonyl (C=O) groups is 3. The monoisotopic (exact) mass is 362 g/mol. The lowest BCUT2D eigenvalue weighted by Crippen LogP contribution is -2.17. The Balaban J connectivity index is 2.42. The maximum absolute atomic E-state index is 12.4. The van der Waals surface area contributed by atoms with Crippen molar-refractivity contribution in [1.82, 2.24) is 4.98 Å². The van der Waals surface area contributed by atoms with Crippen molar-refractivity contribution in [3.63, 3.8) is 0 Å². The number of carbonyl (C=O) groups excluding carboxylic acids is 3. The second kappa shape index (κ2) is 7.89. The second-order valence-electron chi connectivity index (χ2n) is 5.40. The van der Waals surface area contributed by atoms with Gasteiger partial charge in [0.05, 0.1) is 18.8 Å². The molecule has 0 aliphatic carbocycles. The first-order valence-electron chi connectivity index (χ1n) is 7.49. The van der Waals surface area contributed by atoms with Crippen LogP contribution in [0, 0.1) is 6.92 Å². The van der Waals surface area contributed by atoms with Gasteiger partial charge in [-0.2, -0.15) is 0 Å². The largest absolute Gasteiger partial charge is 0.465 e. The molecule has 0 atom stereocenters. The van der Waals surface area contributed by atoms with Crippen LogP contribution in [0.2, 0.25) is 0 Å². The van der Waals surface area contributed by atoms with E-state index in [1.165, 1.54) is 19.5 Å². The van der Waals surface area contributed by atoms with Gasteiger partial charge in [0.25, 0.3) is 5.91 Å². The van der Waals surface area contributed by atoms with Crippen molar-refractivity contribution in [3.05, 3.63) is 46.1 Å². The topological polar surface area (TPSA) is 94.6 Å². The first-order chi connectivity index (χ1) is 11.8. The highest BCUT2D eigenvalue weighted by Crippen LogP contribution is 2.34. The Hall–Kier alpha value is -2.74. The standard InChI is InChI=1S/C17H18N2O5S/c1-9(2)24-16(21)12-10(3)13(17(22)23-4)25-15(12)19-14(20)11-5-7-18-8-6-11/h5-9H,1-4H3,(H,19,20). The summed E-state index contributed by atoms with van der Waals surface area (Å²) in [5.74, 6) is -1.60. The van der Waals surface area contributed by atoms with Crippen LogP contribution < -0.4 is 5.32 Å². The third-order valence-electron chi connectivity index (χ3n) is 3.23. The predicted octanol–water partition coefficient (Wildman–Crippen LogP) is 3.06. The number of nitrogens with one attached hydrogen (secondary N) is 1. The number of rotatable bonds is 5. The normalized spacial score (nSPS) is 10.4. The highest BCUT2D eigenvalue weighted by molar-refractivity contribution is 7.18. The van der Waals surface area contributed by atoms with Crippen molar-refractivity contribution < 1.29 is 23.9 Å². The Kier molecular flexibility index (Phi) is 5.87. The maximum Gasteiger partial charge on any atom is 0.348 e. The number of aromatic nitrogens is 1. The van der Waals surface area contributed by atoms with Crippen LogP contribution in [0.4, 0.5) is 5.00 Å². The second-order valence-corrected chi connectivity index (χ2v) is 6.42. The molecule has 0 saturated carbocycles. The number of nitrogens with zero attached hydrogens (tertiary/aromatic N) is 1. The minimum atomic E-state index is -0.607. The molecule has 1 N–H and O–H groups in total. The zero-order valence-corrected chi connectivity index (χ0v) is 15.1. The molecule has 1 amide bonds. The molecule has 0 radical (unpaired) electrons. The van der Waals surface area contributed by atoms with E-state index in [2.05, 4.69) is 10.3 Å². The Morgan fingerprint density at radius 1 is 1.16 bits per heavy atom. The van der Waals surface area contributed by atoms with E-state index in [1.54, 1.807) is 32.9 Å². The summed E-state index contributed by atoms with van der Waals surface area (Å²) in [5.41, 5.74) is 0.942. The molecular weight excluding hydrogens is 344 g/mol. The molecular formula is C17H18N2O5S. The van der Waals surface area contributed by atoms with Crippen LogP contribution in [0.25, 0.3) is 0 Å². The number of anilines is 1. The summed E-state index contributed by atoms with van der Waals surface area (Å²) in [6.07, 6.45) is 2.64. The average Bonchev–Trinajstić information content (AvgIpc) is 2.90. The highest BCUT2D eigenvalue weighted by atomic mass is 32.1. The summed E-state index contributed by atoms with van der Waals surface area (Å²) in [6.45, 7) is 5.05. The number of thiophene rings is 1. The zero-order valence-electron chi connectivity index (χ0n) is 14.3. The Morgan fingerprint density at radius 3 is 2.36 bits per heavy atom. The van der Waals surface area contributed by atoms with Gasteiger partial charge in [-0.15, -0.1) is 11.3 Å². The molecule has 0 aromatic carbocycles. The van der Waals surface area contributed by atoms with Gasteiger partial charge < -0.3 is 14.8 Å². The molecule has 0 aliphatic rings. The van der Waals surface area contributed by atoms with Gasteiger partial charge in [-0.05, 0) is 38.5 Å². The van der Waals surface area contributed by atoms with Crippen molar-refractivity contribution in [3.8, 4) is 0 Å². The van der Waals surface area contributed by atoms with Gasteiger partial charge in [-0.1, -0.05) is 0 Å². The molecule has 132 valence electrons. The van der Waals surface area contributed by atoms with Crippen molar-refractivity contribution in [2.24, 2.45) is 0 Å². The molecule has 2 aromatic rings. The van der Waals surface area contributed by atoms with Crippen molar-refractivity contribution >= 4 is 34.2 Å². The van der Waals surface area contributed by atoms with Crippen LogP contribution in [-0.2, 0) is 9.47 Å². The van der Waals surface area contributed by atoms with Crippen LogP contribution in [0.1, 0.15) is 49.8 Å². The van der Waals surface area contributed by atoms with Crippen molar-refractivity contribution in [1.29, 1.82) is 0 Å². The number of ether oxygens (including phenoxy) is 2. The maximum atomic E-state index is 12.4. The minimum Gasteiger partial charge on any atom is -0.465 e. The Bertz CT molecular complexity index is 799. The molecule has 0 spiro atoms. The molecule has 0 bridgehead atoms. The molecule has 0 aliphatic heterocycles. The van der Waals surface area contributed by atoms with Gasteiger partial charge in [-0.3, -0.25) is 9.78 Å². The summed E-state index contributed by atoms with van der Waals surface area (Å²) >= 11 is 0.974. The lowest BCUT2D eigenvalue weighted by molar-refractivity contribution is 0.0379. The van der Waals surface area contributed by atoms with E-state index in [9.17, 15) is 14.4 Å². The molecule has 2 heterocycles. The summed E-state index contributed by atoms with van der Waals surface area (Å²) in [7, 11) is 1.25. The summed E-state index contributed by atoms with van der Waals surface area (Å²) in [5, 5.41) is 2.91. The molecule has 2 rings (SSSR count). The minimum absolute atomic E-state index is 0.154. The number of esters is 2. The summed E-state index contributed by atoms with van der Waals surface area (Å²) in [6, 6.07) is 3.09. The van der Waals surface area contributed by atoms with E-state index in [-0.39, 0.29) is 21.5 Å². The summed E-state index contributed by atoms with van der Waals surface area (Å²) < 4.78 is 9.96. The first-order valence-corrected chi connectivity index (χ1v) is 8.30. The van der Waals surface area contributed by atoms with Crippen LogP contribution in [0.15, 0.2) is 24.5 Å². The van der Waals surface area contributed by atoms with Gasteiger partial charge in [0.1, 0.15) is 9.88 Å². The lowest BCUT2D eigenvalue weighted by atomic mass is 10.1. The number of methoxy groups -OCH3 is 1. The van der Waals surface area contributed by atoms with Gasteiger partial charge in [0.2, 0.25) is 0 Å². The fourth-order valence-electron chi connectivity index (χ4n) is 2.09. The number of pyridine rings is 1. The molecule has 25 heavy (non-hydrogen) atoms. The van der Waals surface area contributed by atoms with Crippen LogP contribution in [-0.4, -0.2) is 36.0 Å². The molecule has 0 saturated heterocycles. The zero-order chi connectivity index (χ0) is 18.6. The van der Waals surface area contributed by atoms with E-state index < -0.39 is 17.8 Å². The molecule has 7 nitrogen and oxygen atoms in total. The Morgan fingerprint density at radius 2 is 1.80 bits per heavy atom. The predicted molar refractivity (Wildman–Crippen MR) is 93.1 cm³/mol. The Labute approximate surface area is 149 Å². The van der Waals surface area contributed by atoms with Crippen molar-refractivity contribution in [2.45, 2.75) is 26.9 Å². The van der Waals surface area contributed by atoms with E-state index >= 15 is 0 Å². The van der Waals surface area contributed by atoms with Gasteiger partial charge >= 0.3 is 11.9 Å². The fraction of sp³-hybridized carbons (Fsp3) is 0.294. The van der Waals surface area contributed by atoms with E-state index in [0.29, 0.717) is 11.1 Å². The van der Waals surface area contributed by atoms with E-state index in [0.717, 1.165) is 11.3 Å². The van der Waals surface area contributed by atoms with Gasteiger partial charge in [-0.25, -0.2) is 9.59 Å². The van der Waals surface area contributed by atoms with Gasteiger partial charge in [0.15, 0.2) is 0 Å². The third-order valence-corrected chi connectivity index (χ3v) is 4.42. The number of amides is 1. The molecule has 8 heteroatoms.